The minimum Gasteiger partial charge on any atom is -0.497 e. The van der Waals surface area contributed by atoms with Crippen LogP contribution in [-0.2, 0) is 6.42 Å². The van der Waals surface area contributed by atoms with Crippen LogP contribution in [0.25, 0.3) is 22.2 Å². The van der Waals surface area contributed by atoms with Crippen LogP contribution in [-0.4, -0.2) is 25.7 Å². The zero-order chi connectivity index (χ0) is 18.7. The van der Waals surface area contributed by atoms with E-state index in [1.54, 1.807) is 20.3 Å². The Labute approximate surface area is 163 Å². The third-order valence-electron chi connectivity index (χ3n) is 4.49. The average molecular weight is 393 g/mol. The molecule has 26 heavy (non-hydrogen) atoms. The van der Waals surface area contributed by atoms with Gasteiger partial charge in [0.25, 0.3) is 0 Å². The van der Waals surface area contributed by atoms with E-state index < -0.39 is 0 Å². The zero-order valence-electron chi connectivity index (χ0n) is 14.9. The summed E-state index contributed by atoms with van der Waals surface area (Å²) in [6.07, 6.45) is 2.82. The highest BCUT2D eigenvalue weighted by Gasteiger charge is 2.19. The van der Waals surface area contributed by atoms with Gasteiger partial charge in [0.2, 0.25) is 0 Å². The second kappa shape index (κ2) is 8.21. The van der Waals surface area contributed by atoms with E-state index in [9.17, 15) is 0 Å². The molecule has 4 nitrogen and oxygen atoms in total. The Balaban J connectivity index is 2.21. The molecule has 0 fully saturated rings. The number of ether oxygens (including phenoxy) is 2. The monoisotopic (exact) mass is 392 g/mol. The normalized spacial score (nSPS) is 11.1. The van der Waals surface area contributed by atoms with Crippen LogP contribution < -0.4 is 15.2 Å². The van der Waals surface area contributed by atoms with Crippen molar-refractivity contribution in [3.63, 3.8) is 0 Å². The number of aryl methyl sites for hydroxylation is 1. The molecule has 0 aliphatic rings. The first-order valence-electron chi connectivity index (χ1n) is 8.51. The molecule has 3 rings (SSSR count). The second-order valence-electron chi connectivity index (χ2n) is 6.10. The maximum Gasteiger partial charge on any atom is 0.131 e. The van der Waals surface area contributed by atoms with Crippen LogP contribution in [0.3, 0.4) is 0 Å². The number of methoxy groups -OCH3 is 2. The molecule has 0 aliphatic heterocycles. The van der Waals surface area contributed by atoms with Crippen LogP contribution in [0.15, 0.2) is 30.3 Å². The van der Waals surface area contributed by atoms with E-state index in [-0.39, 0.29) is 0 Å². The van der Waals surface area contributed by atoms with Gasteiger partial charge in [0.05, 0.1) is 30.5 Å². The number of nitrogens with two attached hydrogens (primary N) is 1. The van der Waals surface area contributed by atoms with Crippen LogP contribution in [0, 0.1) is 0 Å². The molecule has 0 atom stereocenters. The summed E-state index contributed by atoms with van der Waals surface area (Å²) in [6, 6.07) is 9.49. The van der Waals surface area contributed by atoms with Crippen molar-refractivity contribution in [2.75, 3.05) is 20.8 Å². The lowest BCUT2D eigenvalue weighted by atomic mass is 9.99. The number of aromatic amines is 1. The van der Waals surface area contributed by atoms with Crippen molar-refractivity contribution in [3.05, 3.63) is 45.9 Å². The molecular formula is C20H22Cl2N2O2. The molecule has 0 saturated heterocycles. The van der Waals surface area contributed by atoms with Gasteiger partial charge in [-0.2, -0.15) is 0 Å². The molecule has 0 bridgehead atoms. The topological polar surface area (TPSA) is 60.3 Å². The molecule has 2 aromatic carbocycles. The number of benzene rings is 2. The first-order valence-corrected chi connectivity index (χ1v) is 9.26. The molecule has 0 amide bonds. The van der Waals surface area contributed by atoms with Crippen molar-refractivity contribution < 1.29 is 9.47 Å². The summed E-state index contributed by atoms with van der Waals surface area (Å²) >= 11 is 12.7. The molecule has 0 unspecified atom stereocenters. The molecule has 3 N–H and O–H groups in total. The van der Waals surface area contributed by atoms with Gasteiger partial charge in [-0.3, -0.25) is 0 Å². The number of unbranched alkanes of at least 4 members (excludes halogenated alkanes) is 1. The summed E-state index contributed by atoms with van der Waals surface area (Å²) in [5.41, 5.74) is 9.67. The number of aromatic nitrogens is 1. The summed E-state index contributed by atoms with van der Waals surface area (Å²) in [7, 11) is 3.29. The van der Waals surface area contributed by atoms with Crippen LogP contribution >= 0.6 is 23.2 Å². The fourth-order valence-electron chi connectivity index (χ4n) is 3.21. The third-order valence-corrected chi connectivity index (χ3v) is 5.01. The minimum absolute atomic E-state index is 0.603. The maximum atomic E-state index is 6.43. The Hall–Kier alpha value is -1.88. The highest BCUT2D eigenvalue weighted by Crippen LogP contribution is 2.40. The number of H-pyrrole nitrogens is 1. The molecule has 1 aromatic heterocycles. The highest BCUT2D eigenvalue weighted by molar-refractivity contribution is 6.38. The van der Waals surface area contributed by atoms with Crippen LogP contribution in [0.4, 0.5) is 0 Å². The Kier molecular flexibility index (Phi) is 5.97. The van der Waals surface area contributed by atoms with Crippen molar-refractivity contribution in [1.82, 2.24) is 4.98 Å². The predicted molar refractivity (Wildman–Crippen MR) is 109 cm³/mol. The van der Waals surface area contributed by atoms with Crippen molar-refractivity contribution in [2.45, 2.75) is 19.3 Å². The highest BCUT2D eigenvalue weighted by atomic mass is 35.5. The molecule has 6 heteroatoms. The van der Waals surface area contributed by atoms with Gasteiger partial charge >= 0.3 is 0 Å². The first-order chi connectivity index (χ1) is 12.6. The smallest absolute Gasteiger partial charge is 0.131 e. The summed E-state index contributed by atoms with van der Waals surface area (Å²) in [5, 5.41) is 2.26. The Morgan fingerprint density at radius 2 is 1.85 bits per heavy atom. The quantitative estimate of drug-likeness (QED) is 0.526. The molecule has 0 aliphatic carbocycles. The number of rotatable bonds is 7. The van der Waals surface area contributed by atoms with Crippen molar-refractivity contribution >= 4 is 34.1 Å². The fraction of sp³-hybridized carbons (Fsp3) is 0.300. The maximum absolute atomic E-state index is 6.43. The lowest BCUT2D eigenvalue weighted by Crippen LogP contribution is -1.99. The minimum atomic E-state index is 0.603. The zero-order valence-corrected chi connectivity index (χ0v) is 16.4. The number of halogens is 2. The summed E-state index contributed by atoms with van der Waals surface area (Å²) in [4.78, 5) is 3.47. The van der Waals surface area contributed by atoms with Gasteiger partial charge in [-0.15, -0.1) is 0 Å². The Bertz CT molecular complexity index is 922. The Morgan fingerprint density at radius 1 is 1.04 bits per heavy atom. The number of hydrogen-bond donors (Lipinski definition) is 2. The number of fused-ring (bicyclic) bond motifs is 1. The fourth-order valence-corrected chi connectivity index (χ4v) is 3.76. The van der Waals surface area contributed by atoms with E-state index in [0.717, 1.165) is 52.9 Å². The standard InChI is InChI=1S/C20H22Cl2N2O2/c1-25-13-6-7-15(18(11-13)26-2)19-14(5-3-4-8-23)16-9-12(21)10-17(22)20(16)24-19/h6-7,9-11,24H,3-5,8,23H2,1-2H3. The lowest BCUT2D eigenvalue weighted by Gasteiger charge is -2.11. The van der Waals surface area contributed by atoms with Gasteiger partial charge in [0.15, 0.2) is 0 Å². The van der Waals surface area contributed by atoms with Crippen LogP contribution in [0.1, 0.15) is 18.4 Å². The predicted octanol–water partition coefficient (Wildman–Crippen LogP) is 5.44. The molecule has 0 radical (unpaired) electrons. The Morgan fingerprint density at radius 3 is 2.54 bits per heavy atom. The van der Waals surface area contributed by atoms with Gasteiger partial charge < -0.3 is 20.2 Å². The number of hydrogen-bond acceptors (Lipinski definition) is 3. The van der Waals surface area contributed by atoms with E-state index >= 15 is 0 Å². The second-order valence-corrected chi connectivity index (χ2v) is 6.94. The van der Waals surface area contributed by atoms with Gasteiger partial charge in [0.1, 0.15) is 11.5 Å². The summed E-state index contributed by atoms with van der Waals surface area (Å²) in [5.74, 6) is 1.48. The molecule has 3 aromatic rings. The van der Waals surface area contributed by atoms with Crippen LogP contribution in [0.2, 0.25) is 10.0 Å². The van der Waals surface area contributed by atoms with Crippen molar-refractivity contribution in [1.29, 1.82) is 0 Å². The van der Waals surface area contributed by atoms with Gasteiger partial charge in [-0.1, -0.05) is 23.2 Å². The first kappa shape index (κ1) is 18.9. The summed E-state index contributed by atoms with van der Waals surface area (Å²) in [6.45, 7) is 0.672. The third kappa shape index (κ3) is 3.63. The van der Waals surface area contributed by atoms with E-state index in [2.05, 4.69) is 4.98 Å². The van der Waals surface area contributed by atoms with Crippen molar-refractivity contribution in [2.24, 2.45) is 5.73 Å². The molecular weight excluding hydrogens is 371 g/mol. The summed E-state index contributed by atoms with van der Waals surface area (Å²) < 4.78 is 10.9. The van der Waals surface area contributed by atoms with E-state index in [1.807, 2.05) is 24.3 Å². The lowest BCUT2D eigenvalue weighted by molar-refractivity contribution is 0.395. The van der Waals surface area contributed by atoms with Crippen molar-refractivity contribution in [3.8, 4) is 22.8 Å². The number of nitrogens with one attached hydrogen (secondary N) is 1. The van der Waals surface area contributed by atoms with Crippen LogP contribution in [0.5, 0.6) is 11.5 Å². The van der Waals surface area contributed by atoms with E-state index in [0.29, 0.717) is 16.6 Å². The van der Waals surface area contributed by atoms with E-state index in [1.165, 1.54) is 5.56 Å². The molecule has 138 valence electrons. The molecule has 1 heterocycles. The molecule has 0 saturated carbocycles. The van der Waals surface area contributed by atoms with Gasteiger partial charge in [-0.05, 0) is 55.6 Å². The molecule has 0 spiro atoms. The van der Waals surface area contributed by atoms with E-state index in [4.69, 9.17) is 38.4 Å². The largest absolute Gasteiger partial charge is 0.497 e. The van der Waals surface area contributed by atoms with Gasteiger partial charge in [0, 0.05) is 22.0 Å². The average Bonchev–Trinajstić information content (AvgIpc) is 3.00. The SMILES string of the molecule is COc1ccc(-c2[nH]c3c(Cl)cc(Cl)cc3c2CCCCN)c(OC)c1. The van der Waals surface area contributed by atoms with Gasteiger partial charge in [-0.25, -0.2) is 0 Å².